The summed E-state index contributed by atoms with van der Waals surface area (Å²) >= 11 is 5.98. The van der Waals surface area contributed by atoms with Crippen LogP contribution in [0.3, 0.4) is 0 Å². The Bertz CT molecular complexity index is 621. The van der Waals surface area contributed by atoms with Gasteiger partial charge in [-0.15, -0.1) is 0 Å². The maximum Gasteiger partial charge on any atom is 0.123 e. The normalized spacial score (nSPS) is 10.5. The summed E-state index contributed by atoms with van der Waals surface area (Å²) in [6, 6.07) is 5.39. The molecule has 3 N–H and O–H groups in total. The molecule has 6 heteroatoms. The second kappa shape index (κ2) is 5.32. The van der Waals surface area contributed by atoms with E-state index in [9.17, 15) is 0 Å². The molecule has 5 nitrogen and oxygen atoms in total. The van der Waals surface area contributed by atoms with Crippen molar-refractivity contribution >= 4 is 17.4 Å². The zero-order chi connectivity index (χ0) is 14.0. The molecule has 0 bridgehead atoms. The molecule has 0 atom stereocenters. The fourth-order valence-electron chi connectivity index (χ4n) is 1.81. The van der Waals surface area contributed by atoms with E-state index in [0.717, 1.165) is 17.0 Å². The van der Waals surface area contributed by atoms with E-state index in [0.29, 0.717) is 17.1 Å². The molecule has 2 rings (SSSR count). The van der Waals surface area contributed by atoms with Gasteiger partial charge in [0.2, 0.25) is 0 Å². The lowest BCUT2D eigenvalue weighted by atomic mass is 10.1. The average Bonchev–Trinajstić information content (AvgIpc) is 2.70. The van der Waals surface area contributed by atoms with E-state index in [1.165, 1.54) is 0 Å². The van der Waals surface area contributed by atoms with Gasteiger partial charge in [0.25, 0.3) is 0 Å². The molecule has 0 amide bonds. The minimum atomic E-state index is 0.0270. The maximum absolute atomic E-state index is 7.48. The van der Waals surface area contributed by atoms with Crippen molar-refractivity contribution in [2.75, 3.05) is 7.11 Å². The Morgan fingerprint density at radius 2 is 2.26 bits per heavy atom. The molecule has 0 fully saturated rings. The first-order chi connectivity index (χ1) is 9.02. The minimum Gasteiger partial charge on any atom is -0.496 e. The van der Waals surface area contributed by atoms with Crippen molar-refractivity contribution in [2.45, 2.75) is 13.5 Å². The van der Waals surface area contributed by atoms with Crippen molar-refractivity contribution in [1.29, 1.82) is 5.41 Å². The van der Waals surface area contributed by atoms with Crippen molar-refractivity contribution in [3.05, 3.63) is 46.2 Å². The van der Waals surface area contributed by atoms with Crippen molar-refractivity contribution in [1.82, 2.24) is 9.78 Å². The predicted octanol–water partition coefficient (Wildman–Crippen LogP) is 2.19. The first-order valence-corrected chi connectivity index (χ1v) is 6.10. The largest absolute Gasteiger partial charge is 0.496 e. The number of halogens is 1. The molecule has 0 aliphatic carbocycles. The van der Waals surface area contributed by atoms with Gasteiger partial charge >= 0.3 is 0 Å². The number of ether oxygens (including phenoxy) is 1. The number of nitrogens with one attached hydrogen (secondary N) is 1. The van der Waals surface area contributed by atoms with Crippen LogP contribution in [0.15, 0.2) is 24.4 Å². The quantitative estimate of drug-likeness (QED) is 0.665. The highest BCUT2D eigenvalue weighted by Crippen LogP contribution is 2.22. The van der Waals surface area contributed by atoms with E-state index >= 15 is 0 Å². The van der Waals surface area contributed by atoms with Gasteiger partial charge in [-0.25, -0.2) is 0 Å². The average molecular weight is 279 g/mol. The summed E-state index contributed by atoms with van der Waals surface area (Å²) in [4.78, 5) is 0. The number of nitrogen functional groups attached to an aromatic ring is 1. The molecule has 2 aromatic rings. The first-order valence-electron chi connectivity index (χ1n) is 5.72. The number of aromatic nitrogens is 2. The van der Waals surface area contributed by atoms with Crippen molar-refractivity contribution in [2.24, 2.45) is 5.73 Å². The number of nitrogens with zero attached hydrogens (tertiary/aromatic N) is 2. The molecule has 0 radical (unpaired) electrons. The van der Waals surface area contributed by atoms with Crippen LogP contribution >= 0.6 is 11.6 Å². The lowest BCUT2D eigenvalue weighted by molar-refractivity contribution is 0.407. The van der Waals surface area contributed by atoms with Gasteiger partial charge in [0.1, 0.15) is 11.6 Å². The SMILES string of the molecule is COc1ccc(C(=N)N)cc1Cn1ncc(Cl)c1C. The first kappa shape index (κ1) is 13.4. The molecule has 1 aromatic heterocycles. The van der Waals surface area contributed by atoms with Crippen LogP contribution < -0.4 is 10.5 Å². The molecule has 19 heavy (non-hydrogen) atoms. The molecule has 0 unspecified atom stereocenters. The third-order valence-electron chi connectivity index (χ3n) is 2.95. The van der Waals surface area contributed by atoms with Crippen LogP contribution in [0.5, 0.6) is 5.75 Å². The predicted molar refractivity (Wildman–Crippen MR) is 75.1 cm³/mol. The Kier molecular flexibility index (Phi) is 3.76. The number of nitrogens with two attached hydrogens (primary N) is 1. The molecule has 100 valence electrons. The topological polar surface area (TPSA) is 76.9 Å². The van der Waals surface area contributed by atoms with Crippen LogP contribution in [0.25, 0.3) is 0 Å². The number of hydrogen-bond donors (Lipinski definition) is 2. The summed E-state index contributed by atoms with van der Waals surface area (Å²) in [6.07, 6.45) is 1.61. The molecule has 0 aliphatic rings. The fraction of sp³-hybridized carbons (Fsp3) is 0.231. The lowest BCUT2D eigenvalue weighted by Crippen LogP contribution is -2.12. The molecular formula is C13H15ClN4O. The van der Waals surface area contributed by atoms with E-state index in [1.54, 1.807) is 30.1 Å². The van der Waals surface area contributed by atoms with Gasteiger partial charge in [0, 0.05) is 11.1 Å². The zero-order valence-electron chi connectivity index (χ0n) is 10.8. The summed E-state index contributed by atoms with van der Waals surface area (Å²) in [5.74, 6) is 0.759. The number of hydrogen-bond acceptors (Lipinski definition) is 3. The molecular weight excluding hydrogens is 264 g/mol. The Hall–Kier alpha value is -2.01. The van der Waals surface area contributed by atoms with E-state index < -0.39 is 0 Å². The lowest BCUT2D eigenvalue weighted by Gasteiger charge is -2.11. The zero-order valence-corrected chi connectivity index (χ0v) is 11.5. The number of amidine groups is 1. The number of rotatable bonds is 4. The highest BCUT2D eigenvalue weighted by atomic mass is 35.5. The number of methoxy groups -OCH3 is 1. The smallest absolute Gasteiger partial charge is 0.123 e. The van der Waals surface area contributed by atoms with Crippen LogP contribution in [0.2, 0.25) is 5.02 Å². The van der Waals surface area contributed by atoms with Crippen molar-refractivity contribution < 1.29 is 4.74 Å². The number of benzene rings is 1. The minimum absolute atomic E-state index is 0.0270. The van der Waals surface area contributed by atoms with Gasteiger partial charge in [0.15, 0.2) is 0 Å². The van der Waals surface area contributed by atoms with Gasteiger partial charge in [0.05, 0.1) is 30.6 Å². The Morgan fingerprint density at radius 3 is 2.79 bits per heavy atom. The monoisotopic (exact) mass is 278 g/mol. The molecule has 0 spiro atoms. The van der Waals surface area contributed by atoms with Gasteiger partial charge < -0.3 is 10.5 Å². The highest BCUT2D eigenvalue weighted by molar-refractivity contribution is 6.31. The van der Waals surface area contributed by atoms with Crippen LogP contribution in [-0.4, -0.2) is 22.7 Å². The van der Waals surface area contributed by atoms with Crippen LogP contribution in [0.4, 0.5) is 0 Å². The van der Waals surface area contributed by atoms with Gasteiger partial charge in [-0.2, -0.15) is 5.10 Å². The molecule has 1 heterocycles. The van der Waals surface area contributed by atoms with Crippen molar-refractivity contribution in [3.63, 3.8) is 0 Å². The van der Waals surface area contributed by atoms with Crippen LogP contribution in [0.1, 0.15) is 16.8 Å². The van der Waals surface area contributed by atoms with E-state index in [1.807, 2.05) is 13.0 Å². The van der Waals surface area contributed by atoms with Gasteiger partial charge in [-0.3, -0.25) is 10.1 Å². The Balaban J connectivity index is 2.40. The fourth-order valence-corrected chi connectivity index (χ4v) is 1.96. The summed E-state index contributed by atoms with van der Waals surface area (Å²) < 4.78 is 7.10. The summed E-state index contributed by atoms with van der Waals surface area (Å²) in [5, 5.41) is 12.3. The molecule has 0 saturated heterocycles. The molecule has 0 saturated carbocycles. The second-order valence-corrected chi connectivity index (χ2v) is 4.58. The highest BCUT2D eigenvalue weighted by Gasteiger charge is 2.10. The molecule has 0 aliphatic heterocycles. The maximum atomic E-state index is 7.48. The van der Waals surface area contributed by atoms with Crippen molar-refractivity contribution in [3.8, 4) is 5.75 Å². The molecule has 1 aromatic carbocycles. The summed E-state index contributed by atoms with van der Waals surface area (Å²) in [5.41, 5.74) is 7.95. The summed E-state index contributed by atoms with van der Waals surface area (Å²) in [6.45, 7) is 2.42. The van der Waals surface area contributed by atoms with Crippen LogP contribution in [-0.2, 0) is 6.54 Å². The second-order valence-electron chi connectivity index (χ2n) is 4.18. The van der Waals surface area contributed by atoms with Gasteiger partial charge in [-0.05, 0) is 25.1 Å². The standard InChI is InChI=1S/C13H15ClN4O/c1-8-11(14)6-17-18(8)7-10-5-9(13(15)16)3-4-12(10)19-2/h3-6H,7H2,1-2H3,(H3,15,16). The Morgan fingerprint density at radius 1 is 1.53 bits per heavy atom. The van der Waals surface area contributed by atoms with Gasteiger partial charge in [-0.1, -0.05) is 11.6 Å². The Labute approximate surface area is 116 Å². The third kappa shape index (κ3) is 2.71. The van der Waals surface area contributed by atoms with Crippen LogP contribution in [0, 0.1) is 12.3 Å². The summed E-state index contributed by atoms with van der Waals surface area (Å²) in [7, 11) is 1.61. The van der Waals surface area contributed by atoms with E-state index in [-0.39, 0.29) is 5.84 Å². The van der Waals surface area contributed by atoms with E-state index in [4.69, 9.17) is 27.5 Å². The van der Waals surface area contributed by atoms with E-state index in [2.05, 4.69) is 5.10 Å². The third-order valence-corrected chi connectivity index (χ3v) is 3.33.